The summed E-state index contributed by atoms with van der Waals surface area (Å²) in [7, 11) is 0. The molecular weight excluding hydrogens is 186 g/mol. The van der Waals surface area contributed by atoms with Gasteiger partial charge in [0.15, 0.2) is 0 Å². The molecule has 13 heavy (non-hydrogen) atoms. The molecule has 80 valence electrons. The smallest absolute Gasteiger partial charge is 0.0590 e. The van der Waals surface area contributed by atoms with Crippen LogP contribution in [0.25, 0.3) is 0 Å². The zero-order valence-corrected chi connectivity index (χ0v) is 9.57. The zero-order chi connectivity index (χ0) is 9.94. The summed E-state index contributed by atoms with van der Waals surface area (Å²) in [4.78, 5) is 0. The molecule has 0 aromatic carbocycles. The average molecular weight is 208 g/mol. The molecule has 0 saturated carbocycles. The fourth-order valence-electron chi connectivity index (χ4n) is 1.20. The Morgan fingerprint density at radius 1 is 1.38 bits per heavy atom. The molecule has 0 aromatic heterocycles. The van der Waals surface area contributed by atoms with E-state index in [-0.39, 0.29) is 0 Å². The largest absolute Gasteiger partial charge is 0.380 e. The molecule has 0 spiro atoms. The number of alkyl halides is 1. The van der Waals surface area contributed by atoms with Crippen molar-refractivity contribution in [3.8, 4) is 0 Å². The standard InChI is InChI=1S/C10H22ClNO/c1-3-10(5-6-11)9-12-7-8-13-4-2/h10,12H,3-9H2,1-2H3. The molecule has 0 saturated heterocycles. The average Bonchev–Trinajstić information content (AvgIpc) is 2.16. The lowest BCUT2D eigenvalue weighted by Crippen LogP contribution is -2.26. The number of ether oxygens (including phenoxy) is 1. The third kappa shape index (κ3) is 8.54. The number of rotatable bonds is 9. The number of hydrogen-bond acceptors (Lipinski definition) is 2. The van der Waals surface area contributed by atoms with Crippen LogP contribution in [0.1, 0.15) is 26.7 Å². The molecule has 0 aromatic rings. The molecule has 1 N–H and O–H groups in total. The van der Waals surface area contributed by atoms with Crippen molar-refractivity contribution in [2.24, 2.45) is 5.92 Å². The van der Waals surface area contributed by atoms with Crippen molar-refractivity contribution in [2.45, 2.75) is 26.7 Å². The highest BCUT2D eigenvalue weighted by molar-refractivity contribution is 6.17. The van der Waals surface area contributed by atoms with Crippen molar-refractivity contribution < 1.29 is 4.74 Å². The third-order valence-corrected chi connectivity index (χ3v) is 2.37. The van der Waals surface area contributed by atoms with E-state index < -0.39 is 0 Å². The summed E-state index contributed by atoms with van der Waals surface area (Å²) in [6.07, 6.45) is 2.31. The Bertz CT molecular complexity index is 101. The van der Waals surface area contributed by atoms with Gasteiger partial charge in [-0.15, -0.1) is 11.6 Å². The molecular formula is C10H22ClNO. The van der Waals surface area contributed by atoms with Crippen LogP contribution in [-0.2, 0) is 4.74 Å². The van der Waals surface area contributed by atoms with E-state index in [1.54, 1.807) is 0 Å². The summed E-state index contributed by atoms with van der Waals surface area (Å²) in [5.41, 5.74) is 0. The first-order chi connectivity index (χ1) is 6.35. The van der Waals surface area contributed by atoms with E-state index in [9.17, 15) is 0 Å². The van der Waals surface area contributed by atoms with Gasteiger partial charge in [0.2, 0.25) is 0 Å². The molecule has 0 aliphatic carbocycles. The summed E-state index contributed by atoms with van der Waals surface area (Å²) >= 11 is 5.69. The van der Waals surface area contributed by atoms with Gasteiger partial charge in [-0.3, -0.25) is 0 Å². The quantitative estimate of drug-likeness (QED) is 0.463. The van der Waals surface area contributed by atoms with E-state index in [2.05, 4.69) is 12.2 Å². The van der Waals surface area contributed by atoms with Crippen molar-refractivity contribution >= 4 is 11.6 Å². The van der Waals surface area contributed by atoms with E-state index >= 15 is 0 Å². The molecule has 3 heteroatoms. The van der Waals surface area contributed by atoms with Gasteiger partial charge in [-0.2, -0.15) is 0 Å². The topological polar surface area (TPSA) is 21.3 Å². The lowest BCUT2D eigenvalue weighted by molar-refractivity contribution is 0.148. The van der Waals surface area contributed by atoms with Gasteiger partial charge in [-0.05, 0) is 25.8 Å². The fourth-order valence-corrected chi connectivity index (χ4v) is 1.51. The van der Waals surface area contributed by atoms with Gasteiger partial charge in [0.1, 0.15) is 0 Å². The van der Waals surface area contributed by atoms with Crippen LogP contribution >= 0.6 is 11.6 Å². The molecule has 0 aliphatic heterocycles. The fraction of sp³-hybridized carbons (Fsp3) is 1.00. The maximum atomic E-state index is 5.69. The highest BCUT2D eigenvalue weighted by atomic mass is 35.5. The third-order valence-electron chi connectivity index (χ3n) is 2.16. The summed E-state index contributed by atoms with van der Waals surface area (Å²) in [6.45, 7) is 7.86. The Hall–Kier alpha value is 0.210. The van der Waals surface area contributed by atoms with E-state index in [1.165, 1.54) is 6.42 Å². The molecule has 0 amide bonds. The molecule has 0 fully saturated rings. The van der Waals surface area contributed by atoms with E-state index in [0.29, 0.717) is 0 Å². The molecule has 0 aliphatic rings. The second-order valence-corrected chi connectivity index (χ2v) is 3.53. The monoisotopic (exact) mass is 207 g/mol. The lowest BCUT2D eigenvalue weighted by atomic mass is 10.0. The van der Waals surface area contributed by atoms with Crippen molar-refractivity contribution in [3.63, 3.8) is 0 Å². The molecule has 1 atom stereocenters. The zero-order valence-electron chi connectivity index (χ0n) is 8.81. The highest BCUT2D eigenvalue weighted by Crippen LogP contribution is 2.07. The van der Waals surface area contributed by atoms with Crippen molar-refractivity contribution in [3.05, 3.63) is 0 Å². The van der Waals surface area contributed by atoms with Crippen molar-refractivity contribution in [1.82, 2.24) is 5.32 Å². The predicted octanol–water partition coefficient (Wildman–Crippen LogP) is 2.27. The van der Waals surface area contributed by atoms with Crippen LogP contribution in [0.3, 0.4) is 0 Å². The van der Waals surface area contributed by atoms with Crippen LogP contribution in [0.15, 0.2) is 0 Å². The minimum Gasteiger partial charge on any atom is -0.380 e. The Labute approximate surface area is 87.0 Å². The minimum absolute atomic E-state index is 0.721. The van der Waals surface area contributed by atoms with Gasteiger partial charge in [-0.1, -0.05) is 13.3 Å². The first-order valence-corrected chi connectivity index (χ1v) is 5.73. The van der Waals surface area contributed by atoms with E-state index in [4.69, 9.17) is 16.3 Å². The Morgan fingerprint density at radius 3 is 2.69 bits per heavy atom. The predicted molar refractivity (Wildman–Crippen MR) is 58.5 cm³/mol. The number of halogens is 1. The molecule has 0 radical (unpaired) electrons. The van der Waals surface area contributed by atoms with Crippen LogP contribution < -0.4 is 5.32 Å². The van der Waals surface area contributed by atoms with E-state index in [1.807, 2.05) is 6.92 Å². The first-order valence-electron chi connectivity index (χ1n) is 5.19. The Balaban J connectivity index is 3.17. The summed E-state index contributed by atoms with van der Waals surface area (Å²) in [5, 5.41) is 3.37. The molecule has 1 unspecified atom stereocenters. The summed E-state index contributed by atoms with van der Waals surface area (Å²) in [6, 6.07) is 0. The van der Waals surface area contributed by atoms with Crippen molar-refractivity contribution in [1.29, 1.82) is 0 Å². The van der Waals surface area contributed by atoms with Crippen LogP contribution in [-0.4, -0.2) is 32.2 Å². The Kier molecular flexibility index (Phi) is 10.5. The van der Waals surface area contributed by atoms with Crippen LogP contribution in [0.5, 0.6) is 0 Å². The maximum Gasteiger partial charge on any atom is 0.0590 e. The van der Waals surface area contributed by atoms with Gasteiger partial charge < -0.3 is 10.1 Å². The van der Waals surface area contributed by atoms with E-state index in [0.717, 1.165) is 44.5 Å². The second kappa shape index (κ2) is 10.3. The summed E-state index contributed by atoms with van der Waals surface area (Å²) < 4.78 is 5.22. The van der Waals surface area contributed by atoms with Gasteiger partial charge in [-0.25, -0.2) is 0 Å². The highest BCUT2D eigenvalue weighted by Gasteiger charge is 2.03. The number of nitrogens with one attached hydrogen (secondary N) is 1. The van der Waals surface area contributed by atoms with Gasteiger partial charge in [0, 0.05) is 19.0 Å². The molecule has 0 heterocycles. The first kappa shape index (κ1) is 13.2. The van der Waals surface area contributed by atoms with Crippen LogP contribution in [0.2, 0.25) is 0 Å². The van der Waals surface area contributed by atoms with Gasteiger partial charge in [0.05, 0.1) is 6.61 Å². The maximum absolute atomic E-state index is 5.69. The van der Waals surface area contributed by atoms with Crippen molar-refractivity contribution in [2.75, 3.05) is 32.2 Å². The SMILES string of the molecule is CCOCCNCC(CC)CCCl. The lowest BCUT2D eigenvalue weighted by Gasteiger charge is -2.13. The summed E-state index contributed by atoms with van der Waals surface area (Å²) in [5.74, 6) is 1.49. The minimum atomic E-state index is 0.721. The van der Waals surface area contributed by atoms with Crippen LogP contribution in [0.4, 0.5) is 0 Å². The Morgan fingerprint density at radius 2 is 2.15 bits per heavy atom. The molecule has 0 bridgehead atoms. The van der Waals surface area contributed by atoms with Gasteiger partial charge >= 0.3 is 0 Å². The second-order valence-electron chi connectivity index (χ2n) is 3.15. The molecule has 2 nitrogen and oxygen atoms in total. The van der Waals surface area contributed by atoms with Gasteiger partial charge in [0.25, 0.3) is 0 Å². The number of hydrogen-bond donors (Lipinski definition) is 1. The van der Waals surface area contributed by atoms with Crippen LogP contribution in [0, 0.1) is 5.92 Å². The molecule has 0 rings (SSSR count). The normalized spacial score (nSPS) is 13.2.